The third-order valence-corrected chi connectivity index (χ3v) is 4.00. The molecular weight excluding hydrogens is 387 g/mol. The maximum Gasteiger partial charge on any atom is 0.434 e. The van der Waals surface area contributed by atoms with Crippen molar-refractivity contribution in [1.29, 1.82) is 0 Å². The number of nitrogens with zero attached hydrogens (tertiary/aromatic N) is 3. The van der Waals surface area contributed by atoms with E-state index in [1.54, 1.807) is 0 Å². The molecule has 0 saturated heterocycles. The van der Waals surface area contributed by atoms with Gasteiger partial charge in [-0.25, -0.2) is 4.68 Å². The molecule has 10 heteroatoms. The van der Waals surface area contributed by atoms with Crippen LogP contribution in [0.2, 0.25) is 5.02 Å². The molecule has 0 radical (unpaired) electrons. The molecule has 27 heavy (non-hydrogen) atoms. The van der Waals surface area contributed by atoms with E-state index in [0.717, 1.165) is 11.1 Å². The summed E-state index contributed by atoms with van der Waals surface area (Å²) in [6.07, 6.45) is -3.61. The van der Waals surface area contributed by atoms with Crippen molar-refractivity contribution in [3.8, 4) is 5.69 Å². The maximum atomic E-state index is 13.6. The summed E-state index contributed by atoms with van der Waals surface area (Å²) >= 11 is 5.84. The molecule has 1 aromatic heterocycles. The van der Waals surface area contributed by atoms with E-state index in [9.17, 15) is 22.8 Å². The SMILES string of the molecule is COC(=O)CCCN(C)C(=O)c1cnn(-c2cccc(Cl)c2)c1C(F)(F)F. The average Bonchev–Trinajstić information content (AvgIpc) is 3.06. The lowest BCUT2D eigenvalue weighted by Crippen LogP contribution is -2.30. The molecule has 0 saturated carbocycles. The first kappa shape index (κ1) is 20.8. The minimum Gasteiger partial charge on any atom is -0.469 e. The first-order valence-electron chi connectivity index (χ1n) is 7.88. The van der Waals surface area contributed by atoms with Crippen LogP contribution in [-0.2, 0) is 15.7 Å². The lowest BCUT2D eigenvalue weighted by Gasteiger charge is -2.18. The van der Waals surface area contributed by atoms with Gasteiger partial charge in [-0.3, -0.25) is 9.59 Å². The van der Waals surface area contributed by atoms with Crippen LogP contribution in [0.4, 0.5) is 13.2 Å². The molecule has 0 fully saturated rings. The van der Waals surface area contributed by atoms with Gasteiger partial charge in [0.2, 0.25) is 0 Å². The molecule has 0 aliphatic rings. The molecule has 1 aromatic carbocycles. The van der Waals surface area contributed by atoms with Gasteiger partial charge in [0, 0.05) is 25.0 Å². The van der Waals surface area contributed by atoms with Gasteiger partial charge in [-0.2, -0.15) is 18.3 Å². The van der Waals surface area contributed by atoms with Gasteiger partial charge in [0.05, 0.1) is 24.6 Å². The van der Waals surface area contributed by atoms with Crippen LogP contribution in [0.25, 0.3) is 5.69 Å². The van der Waals surface area contributed by atoms with Crippen molar-refractivity contribution >= 4 is 23.5 Å². The largest absolute Gasteiger partial charge is 0.469 e. The number of alkyl halides is 3. The monoisotopic (exact) mass is 403 g/mol. The molecule has 2 rings (SSSR count). The third-order valence-electron chi connectivity index (χ3n) is 3.77. The number of rotatable bonds is 6. The van der Waals surface area contributed by atoms with E-state index < -0.39 is 29.3 Å². The number of halogens is 4. The van der Waals surface area contributed by atoms with Crippen LogP contribution in [-0.4, -0.2) is 47.3 Å². The van der Waals surface area contributed by atoms with Crippen LogP contribution in [0.5, 0.6) is 0 Å². The summed E-state index contributed by atoms with van der Waals surface area (Å²) in [4.78, 5) is 24.7. The molecule has 146 valence electrons. The second-order valence-corrected chi connectivity index (χ2v) is 6.14. The highest BCUT2D eigenvalue weighted by Gasteiger charge is 2.41. The van der Waals surface area contributed by atoms with Gasteiger partial charge in [0.15, 0.2) is 5.69 Å². The normalized spacial score (nSPS) is 11.3. The van der Waals surface area contributed by atoms with E-state index in [0.29, 0.717) is 4.68 Å². The van der Waals surface area contributed by atoms with Crippen LogP contribution >= 0.6 is 11.6 Å². The Morgan fingerprint density at radius 2 is 2.04 bits per heavy atom. The van der Waals surface area contributed by atoms with E-state index in [4.69, 9.17) is 11.6 Å². The summed E-state index contributed by atoms with van der Waals surface area (Å²) < 4.78 is 46.0. The van der Waals surface area contributed by atoms with Crippen molar-refractivity contribution in [3.05, 3.63) is 46.7 Å². The predicted molar refractivity (Wildman–Crippen MR) is 91.8 cm³/mol. The first-order chi connectivity index (χ1) is 12.6. The third kappa shape index (κ3) is 5.00. The molecule has 2 aromatic rings. The van der Waals surface area contributed by atoms with Crippen LogP contribution in [0.3, 0.4) is 0 Å². The Morgan fingerprint density at radius 1 is 1.33 bits per heavy atom. The lowest BCUT2D eigenvalue weighted by atomic mass is 10.2. The number of amides is 1. The Morgan fingerprint density at radius 3 is 2.63 bits per heavy atom. The lowest BCUT2D eigenvalue weighted by molar-refractivity contribution is -0.143. The van der Waals surface area contributed by atoms with Crippen molar-refractivity contribution in [3.63, 3.8) is 0 Å². The number of hydrogen-bond acceptors (Lipinski definition) is 4. The van der Waals surface area contributed by atoms with E-state index in [2.05, 4.69) is 9.84 Å². The zero-order valence-electron chi connectivity index (χ0n) is 14.6. The Kier molecular flexibility index (Phi) is 6.48. The fourth-order valence-electron chi connectivity index (χ4n) is 2.45. The van der Waals surface area contributed by atoms with Crippen LogP contribution in [0, 0.1) is 0 Å². The highest BCUT2D eigenvalue weighted by Crippen LogP contribution is 2.34. The van der Waals surface area contributed by atoms with E-state index in [-0.39, 0.29) is 30.1 Å². The molecule has 1 amide bonds. The Balaban J connectivity index is 2.31. The number of benzene rings is 1. The minimum atomic E-state index is -4.81. The number of carbonyl (C=O) groups excluding carboxylic acids is 2. The second-order valence-electron chi connectivity index (χ2n) is 5.70. The smallest absolute Gasteiger partial charge is 0.434 e. The van der Waals surface area contributed by atoms with Gasteiger partial charge in [0.1, 0.15) is 0 Å². The van der Waals surface area contributed by atoms with E-state index in [1.165, 1.54) is 38.4 Å². The minimum absolute atomic E-state index is 0.0576. The molecular formula is C17H17ClF3N3O3. The first-order valence-corrected chi connectivity index (χ1v) is 8.26. The van der Waals surface area contributed by atoms with Gasteiger partial charge < -0.3 is 9.64 Å². The van der Waals surface area contributed by atoms with Gasteiger partial charge in [-0.1, -0.05) is 17.7 Å². The Bertz CT molecular complexity index is 836. The Hall–Kier alpha value is -2.55. The number of esters is 1. The van der Waals surface area contributed by atoms with Crippen molar-refractivity contribution in [2.45, 2.75) is 19.0 Å². The highest BCUT2D eigenvalue weighted by molar-refractivity contribution is 6.30. The maximum absolute atomic E-state index is 13.6. The molecule has 1 heterocycles. The van der Waals surface area contributed by atoms with Crippen molar-refractivity contribution in [2.24, 2.45) is 0 Å². The summed E-state index contributed by atoms with van der Waals surface area (Å²) in [7, 11) is 2.59. The second kappa shape index (κ2) is 8.43. The molecule has 0 unspecified atom stereocenters. The topological polar surface area (TPSA) is 64.4 Å². The quantitative estimate of drug-likeness (QED) is 0.692. The van der Waals surface area contributed by atoms with Crippen molar-refractivity contribution < 1.29 is 27.5 Å². The van der Waals surface area contributed by atoms with Gasteiger partial charge in [-0.05, 0) is 24.6 Å². The summed E-state index contributed by atoms with van der Waals surface area (Å²) in [5.74, 6) is -1.30. The number of ether oxygens (including phenoxy) is 1. The van der Waals surface area contributed by atoms with Gasteiger partial charge >= 0.3 is 12.1 Å². The zero-order valence-corrected chi connectivity index (χ0v) is 15.3. The number of aromatic nitrogens is 2. The molecule has 0 N–H and O–H groups in total. The average molecular weight is 404 g/mol. The van der Waals surface area contributed by atoms with Crippen molar-refractivity contribution in [2.75, 3.05) is 20.7 Å². The predicted octanol–water partition coefficient (Wildman–Crippen LogP) is 3.57. The summed E-state index contributed by atoms with van der Waals surface area (Å²) in [5, 5.41) is 3.98. The van der Waals surface area contributed by atoms with Crippen LogP contribution in [0.15, 0.2) is 30.5 Å². The Labute approximate surface area is 158 Å². The highest BCUT2D eigenvalue weighted by atomic mass is 35.5. The molecule has 6 nitrogen and oxygen atoms in total. The van der Waals surface area contributed by atoms with E-state index in [1.807, 2.05) is 0 Å². The zero-order chi connectivity index (χ0) is 20.2. The summed E-state index contributed by atoms with van der Waals surface area (Å²) in [6.45, 7) is 0.0908. The fourth-order valence-corrected chi connectivity index (χ4v) is 2.64. The number of carbonyl (C=O) groups is 2. The fraction of sp³-hybridized carbons (Fsp3) is 0.353. The molecule has 0 spiro atoms. The van der Waals surface area contributed by atoms with E-state index >= 15 is 0 Å². The summed E-state index contributed by atoms with van der Waals surface area (Å²) in [6, 6.07) is 5.73. The van der Waals surface area contributed by atoms with Crippen LogP contribution < -0.4 is 0 Å². The molecule has 0 aliphatic carbocycles. The number of methoxy groups -OCH3 is 1. The molecule has 0 atom stereocenters. The van der Waals surface area contributed by atoms with Crippen molar-refractivity contribution in [1.82, 2.24) is 14.7 Å². The van der Waals surface area contributed by atoms with Crippen LogP contribution in [0.1, 0.15) is 28.9 Å². The van der Waals surface area contributed by atoms with Gasteiger partial charge in [0.25, 0.3) is 5.91 Å². The molecule has 0 aliphatic heterocycles. The standard InChI is InChI=1S/C17H17ClF3N3O3/c1-23(8-4-7-14(25)27-2)16(26)13-10-22-24(15(13)17(19,20)21)12-6-3-5-11(18)9-12/h3,5-6,9-10H,4,7-8H2,1-2H3. The summed E-state index contributed by atoms with van der Waals surface area (Å²) in [5.41, 5.74) is -1.68. The molecule has 0 bridgehead atoms. The van der Waals surface area contributed by atoms with Gasteiger partial charge in [-0.15, -0.1) is 0 Å². The number of hydrogen-bond donors (Lipinski definition) is 0.